The number of urea groups is 1. The van der Waals surface area contributed by atoms with E-state index >= 15 is 0 Å². The van der Waals surface area contributed by atoms with Crippen LogP contribution in [0.5, 0.6) is 11.5 Å². The molecule has 0 saturated heterocycles. The van der Waals surface area contributed by atoms with Crippen LogP contribution in [-0.2, 0) is 13.1 Å². The standard InChI is InChI=1S/C24H20ClN3O4S/c25-17-3-1-4-18(11-17)26-24(30)28(14-19-5-2-8-33-19)13-16-9-15-10-21-22(32-7-6-31-21)12-20(15)27-23(16)29/h1-5,8-12H,6-7,13-14H2,(H,26,30)(H,27,29). The fraction of sp³-hybridized carbons (Fsp3) is 0.167. The number of ether oxygens (including phenoxy) is 2. The molecule has 7 nitrogen and oxygen atoms in total. The number of carbonyl (C=O) groups is 1. The van der Waals surface area contributed by atoms with Gasteiger partial charge in [0.1, 0.15) is 13.2 Å². The van der Waals surface area contributed by atoms with Crippen LogP contribution in [0.2, 0.25) is 5.02 Å². The van der Waals surface area contributed by atoms with Crippen molar-refractivity contribution in [2.75, 3.05) is 18.5 Å². The molecule has 2 N–H and O–H groups in total. The van der Waals surface area contributed by atoms with E-state index in [0.717, 1.165) is 10.3 Å². The van der Waals surface area contributed by atoms with Crippen molar-refractivity contribution in [2.45, 2.75) is 13.1 Å². The Bertz CT molecular complexity index is 1370. The lowest BCUT2D eigenvalue weighted by Crippen LogP contribution is -2.35. The summed E-state index contributed by atoms with van der Waals surface area (Å²) in [7, 11) is 0. The molecule has 2 aromatic carbocycles. The van der Waals surface area contributed by atoms with Crippen molar-refractivity contribution in [1.82, 2.24) is 9.88 Å². The molecule has 0 bridgehead atoms. The van der Waals surface area contributed by atoms with E-state index in [1.165, 1.54) is 0 Å². The zero-order valence-corrected chi connectivity index (χ0v) is 19.0. The van der Waals surface area contributed by atoms with Crippen molar-refractivity contribution in [3.05, 3.63) is 85.8 Å². The zero-order chi connectivity index (χ0) is 22.8. The molecule has 0 unspecified atom stereocenters. The first kappa shape index (κ1) is 21.4. The molecular weight excluding hydrogens is 462 g/mol. The van der Waals surface area contributed by atoms with E-state index in [9.17, 15) is 9.59 Å². The predicted octanol–water partition coefficient (Wildman–Crippen LogP) is 5.25. The van der Waals surface area contributed by atoms with Crippen molar-refractivity contribution in [3.63, 3.8) is 0 Å². The predicted molar refractivity (Wildman–Crippen MR) is 130 cm³/mol. The highest BCUT2D eigenvalue weighted by molar-refractivity contribution is 7.09. The molecule has 3 heterocycles. The number of aromatic nitrogens is 1. The minimum absolute atomic E-state index is 0.129. The van der Waals surface area contributed by atoms with Crippen molar-refractivity contribution in [2.24, 2.45) is 0 Å². The van der Waals surface area contributed by atoms with E-state index in [1.54, 1.807) is 52.6 Å². The van der Waals surface area contributed by atoms with Crippen LogP contribution in [0.4, 0.5) is 10.5 Å². The Morgan fingerprint density at radius 2 is 1.88 bits per heavy atom. The Morgan fingerprint density at radius 3 is 2.64 bits per heavy atom. The van der Waals surface area contributed by atoms with Gasteiger partial charge in [-0.15, -0.1) is 11.3 Å². The lowest BCUT2D eigenvalue weighted by Gasteiger charge is -2.23. The quantitative estimate of drug-likeness (QED) is 0.408. The second kappa shape index (κ2) is 9.17. The fourth-order valence-corrected chi connectivity index (χ4v) is 4.58. The van der Waals surface area contributed by atoms with Crippen LogP contribution in [0.25, 0.3) is 10.9 Å². The monoisotopic (exact) mass is 481 g/mol. The molecule has 0 spiro atoms. The molecule has 0 atom stereocenters. The molecule has 0 fully saturated rings. The second-order valence-corrected chi connectivity index (χ2v) is 9.05. The molecule has 0 aliphatic carbocycles. The highest BCUT2D eigenvalue weighted by Gasteiger charge is 2.19. The summed E-state index contributed by atoms with van der Waals surface area (Å²) in [5, 5.41) is 6.16. The second-order valence-electron chi connectivity index (χ2n) is 7.58. The van der Waals surface area contributed by atoms with E-state index in [0.29, 0.717) is 53.0 Å². The number of fused-ring (bicyclic) bond motifs is 2. The van der Waals surface area contributed by atoms with Gasteiger partial charge in [0, 0.05) is 32.6 Å². The number of hydrogen-bond donors (Lipinski definition) is 2. The average Bonchev–Trinajstić information content (AvgIpc) is 3.31. The van der Waals surface area contributed by atoms with Crippen LogP contribution in [0.3, 0.4) is 0 Å². The SMILES string of the molecule is O=C(Nc1cccc(Cl)c1)N(Cc1cccs1)Cc1cc2cc3c(cc2[nH]c1=O)OCCO3. The molecule has 2 amide bonds. The van der Waals surface area contributed by atoms with E-state index in [4.69, 9.17) is 21.1 Å². The summed E-state index contributed by atoms with van der Waals surface area (Å²) in [5.74, 6) is 1.25. The number of rotatable bonds is 5. The number of halogens is 1. The van der Waals surface area contributed by atoms with Gasteiger partial charge >= 0.3 is 6.03 Å². The zero-order valence-electron chi connectivity index (χ0n) is 17.5. The molecule has 4 aromatic rings. The molecular formula is C24H20ClN3O4S. The third kappa shape index (κ3) is 4.81. The topological polar surface area (TPSA) is 83.7 Å². The number of pyridine rings is 1. The molecule has 1 aliphatic rings. The highest BCUT2D eigenvalue weighted by atomic mass is 35.5. The molecule has 2 aromatic heterocycles. The maximum Gasteiger partial charge on any atom is 0.322 e. The van der Waals surface area contributed by atoms with E-state index in [1.807, 2.05) is 23.6 Å². The number of benzene rings is 2. The van der Waals surface area contributed by atoms with Crippen LogP contribution in [0, 0.1) is 0 Å². The van der Waals surface area contributed by atoms with Gasteiger partial charge < -0.3 is 24.7 Å². The number of amides is 2. The number of hydrogen-bond acceptors (Lipinski definition) is 5. The lowest BCUT2D eigenvalue weighted by atomic mass is 10.1. The number of nitrogens with one attached hydrogen (secondary N) is 2. The van der Waals surface area contributed by atoms with Crippen LogP contribution in [0.1, 0.15) is 10.4 Å². The number of nitrogens with zero attached hydrogens (tertiary/aromatic N) is 1. The third-order valence-electron chi connectivity index (χ3n) is 5.24. The average molecular weight is 482 g/mol. The van der Waals surface area contributed by atoms with Gasteiger partial charge in [0.05, 0.1) is 18.6 Å². The van der Waals surface area contributed by atoms with Gasteiger partial charge in [-0.2, -0.15) is 0 Å². The van der Waals surface area contributed by atoms with Crippen LogP contribution in [0.15, 0.2) is 64.8 Å². The summed E-state index contributed by atoms with van der Waals surface area (Å²) in [6.07, 6.45) is 0. The Kier molecular flexibility index (Phi) is 5.93. The summed E-state index contributed by atoms with van der Waals surface area (Å²) in [6.45, 7) is 1.44. The van der Waals surface area contributed by atoms with Gasteiger partial charge in [-0.05, 0) is 41.8 Å². The Labute approximate surface area is 198 Å². The molecule has 5 rings (SSSR count). The minimum Gasteiger partial charge on any atom is -0.486 e. The Balaban J connectivity index is 1.45. The summed E-state index contributed by atoms with van der Waals surface area (Å²) >= 11 is 7.60. The van der Waals surface area contributed by atoms with Crippen molar-refractivity contribution >= 4 is 45.6 Å². The molecule has 1 aliphatic heterocycles. The number of carbonyl (C=O) groups excluding carboxylic acids is 1. The van der Waals surface area contributed by atoms with Gasteiger partial charge in [-0.25, -0.2) is 4.79 Å². The largest absolute Gasteiger partial charge is 0.486 e. The molecule has 168 valence electrons. The van der Waals surface area contributed by atoms with Gasteiger partial charge in [0.2, 0.25) is 0 Å². The number of aromatic amines is 1. The molecule has 33 heavy (non-hydrogen) atoms. The summed E-state index contributed by atoms with van der Waals surface area (Å²) in [5.41, 5.74) is 1.45. The summed E-state index contributed by atoms with van der Waals surface area (Å²) < 4.78 is 11.3. The molecule has 0 radical (unpaired) electrons. The van der Waals surface area contributed by atoms with Crippen LogP contribution < -0.4 is 20.3 Å². The van der Waals surface area contributed by atoms with Gasteiger partial charge in [-0.1, -0.05) is 23.7 Å². The van der Waals surface area contributed by atoms with Crippen molar-refractivity contribution in [1.29, 1.82) is 0 Å². The fourth-order valence-electron chi connectivity index (χ4n) is 3.67. The molecule has 9 heteroatoms. The Hall–Kier alpha value is -3.49. The van der Waals surface area contributed by atoms with Crippen LogP contribution >= 0.6 is 22.9 Å². The lowest BCUT2D eigenvalue weighted by molar-refractivity contribution is 0.172. The van der Waals surface area contributed by atoms with Crippen molar-refractivity contribution < 1.29 is 14.3 Å². The van der Waals surface area contributed by atoms with Gasteiger partial charge in [0.15, 0.2) is 11.5 Å². The number of H-pyrrole nitrogens is 1. The first-order chi connectivity index (χ1) is 16.0. The number of anilines is 1. The third-order valence-corrected chi connectivity index (χ3v) is 6.33. The summed E-state index contributed by atoms with van der Waals surface area (Å²) in [6, 6.07) is 15.9. The first-order valence-corrected chi connectivity index (χ1v) is 11.6. The maximum absolute atomic E-state index is 13.1. The van der Waals surface area contributed by atoms with E-state index < -0.39 is 0 Å². The van der Waals surface area contributed by atoms with Gasteiger partial charge in [-0.3, -0.25) is 4.79 Å². The maximum atomic E-state index is 13.1. The van der Waals surface area contributed by atoms with E-state index in [2.05, 4.69) is 10.3 Å². The Morgan fingerprint density at radius 1 is 1.06 bits per heavy atom. The normalized spacial score (nSPS) is 12.5. The van der Waals surface area contributed by atoms with Crippen LogP contribution in [-0.4, -0.2) is 29.1 Å². The van der Waals surface area contributed by atoms with Crippen molar-refractivity contribution in [3.8, 4) is 11.5 Å². The van der Waals surface area contributed by atoms with E-state index in [-0.39, 0.29) is 18.1 Å². The smallest absolute Gasteiger partial charge is 0.322 e. The highest BCUT2D eigenvalue weighted by Crippen LogP contribution is 2.33. The minimum atomic E-state index is -0.327. The summed E-state index contributed by atoms with van der Waals surface area (Å²) in [4.78, 5) is 31.5. The number of thiophene rings is 1. The van der Waals surface area contributed by atoms with Gasteiger partial charge in [0.25, 0.3) is 5.56 Å². The molecule has 0 saturated carbocycles. The first-order valence-electron chi connectivity index (χ1n) is 10.3.